The Bertz CT molecular complexity index is 1160. The van der Waals surface area contributed by atoms with Gasteiger partial charge in [0.1, 0.15) is 13.2 Å². The molecule has 0 heterocycles. The molecule has 440 valence electrons. The van der Waals surface area contributed by atoms with Gasteiger partial charge in [0.2, 0.25) is 0 Å². The largest absolute Gasteiger partial charge is 0.462 e. The van der Waals surface area contributed by atoms with E-state index in [-0.39, 0.29) is 50.3 Å². The number of esters is 4. The molecule has 0 amide bonds. The molecule has 0 radical (unpaired) electrons. The van der Waals surface area contributed by atoms with Gasteiger partial charge in [-0.2, -0.15) is 0 Å². The molecular weight excluding hydrogens is 929 g/mol. The van der Waals surface area contributed by atoms with Gasteiger partial charge >= 0.3 is 23.9 Å². The number of rotatable bonds is 58. The second kappa shape index (κ2) is 63.3. The van der Waals surface area contributed by atoms with Crippen molar-refractivity contribution in [2.45, 2.75) is 361 Å². The van der Waals surface area contributed by atoms with Gasteiger partial charge in [0.05, 0.1) is 13.2 Å². The number of unbranched alkanes of at least 4 members (excludes halogenated alkanes) is 42. The van der Waals surface area contributed by atoms with Crippen molar-refractivity contribution in [3.8, 4) is 0 Å². The Hall–Kier alpha value is -2.20. The van der Waals surface area contributed by atoms with Crippen LogP contribution in [0, 0.1) is 0 Å². The van der Waals surface area contributed by atoms with Crippen molar-refractivity contribution in [1.82, 2.24) is 0 Å². The van der Waals surface area contributed by atoms with E-state index in [4.69, 9.17) is 18.9 Å². The van der Waals surface area contributed by atoms with Crippen molar-refractivity contribution < 1.29 is 48.3 Å². The molecule has 0 aliphatic heterocycles. The Balaban J connectivity index is 0. The monoisotopic (exact) mass is 1050 g/mol. The number of aliphatic hydroxyl groups is 2. The van der Waals surface area contributed by atoms with Crippen LogP contribution < -0.4 is 0 Å². The third kappa shape index (κ3) is 60.7. The molecule has 0 aromatic heterocycles. The molecule has 0 spiro atoms. The van der Waals surface area contributed by atoms with E-state index >= 15 is 0 Å². The highest BCUT2D eigenvalue weighted by Crippen LogP contribution is 2.18. The van der Waals surface area contributed by atoms with E-state index in [0.717, 1.165) is 77.0 Å². The molecule has 0 saturated heterocycles. The highest BCUT2D eigenvalue weighted by Gasteiger charge is 2.17. The molecular formula is C64H124O10. The quantitative estimate of drug-likeness (QED) is 0.0343. The third-order valence-electron chi connectivity index (χ3n) is 14.3. The fourth-order valence-electron chi connectivity index (χ4n) is 9.34. The Morgan fingerprint density at radius 2 is 0.419 bits per heavy atom. The van der Waals surface area contributed by atoms with Crippen molar-refractivity contribution >= 4 is 23.9 Å². The highest BCUT2D eigenvalue weighted by molar-refractivity contribution is 5.71. The van der Waals surface area contributed by atoms with Crippen LogP contribution in [0.3, 0.4) is 0 Å². The minimum absolute atomic E-state index is 0.0603. The minimum Gasteiger partial charge on any atom is -0.462 e. The first-order valence-corrected chi connectivity index (χ1v) is 32.2. The molecule has 10 heteroatoms. The summed E-state index contributed by atoms with van der Waals surface area (Å²) in [6, 6.07) is 0. The van der Waals surface area contributed by atoms with Gasteiger partial charge in [-0.1, -0.05) is 297 Å². The van der Waals surface area contributed by atoms with Crippen LogP contribution in [0.5, 0.6) is 0 Å². The summed E-state index contributed by atoms with van der Waals surface area (Å²) in [7, 11) is 0. The van der Waals surface area contributed by atoms with E-state index in [2.05, 4.69) is 27.7 Å². The summed E-state index contributed by atoms with van der Waals surface area (Å²) in [6.07, 6.45) is 58.1. The first-order valence-electron chi connectivity index (χ1n) is 32.2. The maximum Gasteiger partial charge on any atom is 0.306 e. The molecule has 0 saturated carbocycles. The number of ether oxygens (including phenoxy) is 4. The summed E-state index contributed by atoms with van der Waals surface area (Å²) in [5.74, 6) is -1.19. The van der Waals surface area contributed by atoms with Gasteiger partial charge in [0.15, 0.2) is 12.2 Å². The Morgan fingerprint density at radius 1 is 0.257 bits per heavy atom. The van der Waals surface area contributed by atoms with Crippen LogP contribution in [0.4, 0.5) is 0 Å². The van der Waals surface area contributed by atoms with Gasteiger partial charge in [0, 0.05) is 25.7 Å². The standard InChI is InChI=1S/C33H64O5.C31H60O5/c1-3-5-7-9-10-11-12-13-14-15-16-17-18-19-20-21-22-24-26-28-33(36)38-31(29-34)30-37-32(35)27-25-23-8-6-4-2;1-3-5-7-9-10-11-12-13-14-15-16-17-18-19-20-22-24-26-31(34)36-29(27-32)28-35-30(33)25-23-21-8-6-4-2/h31,34H,3-30H2,1-2H3;29,32H,3-28H2,1-2H3. The van der Waals surface area contributed by atoms with Crippen molar-refractivity contribution in [1.29, 1.82) is 0 Å². The second-order valence-electron chi connectivity index (χ2n) is 21.8. The zero-order valence-corrected chi connectivity index (χ0v) is 49.5. The van der Waals surface area contributed by atoms with Gasteiger partial charge in [-0.3, -0.25) is 19.2 Å². The molecule has 0 bridgehead atoms. The predicted molar refractivity (Wildman–Crippen MR) is 309 cm³/mol. The number of hydrogen-bond acceptors (Lipinski definition) is 10. The lowest BCUT2D eigenvalue weighted by Crippen LogP contribution is -2.28. The van der Waals surface area contributed by atoms with Crippen LogP contribution in [0.15, 0.2) is 0 Å². The van der Waals surface area contributed by atoms with Crippen LogP contribution in [0.1, 0.15) is 349 Å². The molecule has 2 unspecified atom stereocenters. The van der Waals surface area contributed by atoms with E-state index in [9.17, 15) is 29.4 Å². The third-order valence-corrected chi connectivity index (χ3v) is 14.3. The minimum atomic E-state index is -0.758. The Kier molecular flexibility index (Phi) is 63.2. The molecule has 2 atom stereocenters. The van der Waals surface area contributed by atoms with E-state index in [1.165, 1.54) is 218 Å². The highest BCUT2D eigenvalue weighted by atomic mass is 16.6. The van der Waals surface area contributed by atoms with Crippen LogP contribution in [0.2, 0.25) is 0 Å². The van der Waals surface area contributed by atoms with E-state index < -0.39 is 12.2 Å². The lowest BCUT2D eigenvalue weighted by atomic mass is 10.0. The van der Waals surface area contributed by atoms with Crippen LogP contribution in [-0.2, 0) is 38.1 Å². The summed E-state index contributed by atoms with van der Waals surface area (Å²) in [4.78, 5) is 47.6. The van der Waals surface area contributed by atoms with Gasteiger partial charge < -0.3 is 29.2 Å². The Morgan fingerprint density at radius 3 is 0.595 bits per heavy atom. The average Bonchev–Trinajstić information content (AvgIpc) is 3.40. The lowest BCUT2D eigenvalue weighted by molar-refractivity contribution is -0.161. The van der Waals surface area contributed by atoms with Gasteiger partial charge in [-0.25, -0.2) is 0 Å². The normalized spacial score (nSPS) is 12.0. The lowest BCUT2D eigenvalue weighted by Gasteiger charge is -2.15. The molecule has 74 heavy (non-hydrogen) atoms. The summed E-state index contributed by atoms with van der Waals surface area (Å²) in [6.45, 7) is 8.10. The van der Waals surface area contributed by atoms with Crippen LogP contribution in [0.25, 0.3) is 0 Å². The summed E-state index contributed by atoms with van der Waals surface area (Å²) >= 11 is 0. The van der Waals surface area contributed by atoms with E-state index in [1.807, 2.05) is 0 Å². The average molecular weight is 1050 g/mol. The van der Waals surface area contributed by atoms with Crippen LogP contribution >= 0.6 is 0 Å². The van der Waals surface area contributed by atoms with E-state index in [1.54, 1.807) is 0 Å². The fraction of sp³-hybridized carbons (Fsp3) is 0.938. The molecule has 0 aromatic rings. The SMILES string of the molecule is CCCCCCCCCCCCCCCCCCCC(=O)OC(CO)COC(=O)CCCCCCC.CCCCCCCCCCCCCCCCCCCCCC(=O)OC(CO)COC(=O)CCCCCCC. The molecule has 10 nitrogen and oxygen atoms in total. The van der Waals surface area contributed by atoms with Crippen molar-refractivity contribution in [3.63, 3.8) is 0 Å². The summed E-state index contributed by atoms with van der Waals surface area (Å²) < 4.78 is 20.9. The molecule has 0 aromatic carbocycles. The van der Waals surface area contributed by atoms with Crippen molar-refractivity contribution in [3.05, 3.63) is 0 Å². The molecule has 0 aliphatic carbocycles. The first-order chi connectivity index (χ1) is 36.3. The van der Waals surface area contributed by atoms with Crippen molar-refractivity contribution in [2.75, 3.05) is 26.4 Å². The van der Waals surface area contributed by atoms with Gasteiger partial charge in [0.25, 0.3) is 0 Å². The number of hydrogen-bond donors (Lipinski definition) is 2. The first kappa shape index (κ1) is 73.9. The van der Waals surface area contributed by atoms with E-state index in [0.29, 0.717) is 25.7 Å². The van der Waals surface area contributed by atoms with Gasteiger partial charge in [-0.15, -0.1) is 0 Å². The fourth-order valence-corrected chi connectivity index (χ4v) is 9.34. The number of carbonyl (C=O) groups excluding carboxylic acids is 4. The number of aliphatic hydroxyl groups excluding tert-OH is 2. The molecule has 0 aliphatic rings. The Labute approximate surface area is 457 Å². The smallest absolute Gasteiger partial charge is 0.306 e. The maximum atomic E-state index is 12.0. The predicted octanol–water partition coefficient (Wildman–Crippen LogP) is 18.5. The maximum absolute atomic E-state index is 12.0. The summed E-state index contributed by atoms with van der Waals surface area (Å²) in [5.41, 5.74) is 0. The van der Waals surface area contributed by atoms with Crippen molar-refractivity contribution in [2.24, 2.45) is 0 Å². The molecule has 0 rings (SSSR count). The molecule has 2 N–H and O–H groups in total. The zero-order valence-electron chi connectivity index (χ0n) is 49.5. The van der Waals surface area contributed by atoms with Gasteiger partial charge in [-0.05, 0) is 25.7 Å². The topological polar surface area (TPSA) is 146 Å². The zero-order chi connectivity index (χ0) is 54.5. The van der Waals surface area contributed by atoms with Crippen LogP contribution in [-0.4, -0.2) is 72.7 Å². The summed E-state index contributed by atoms with van der Waals surface area (Å²) in [5, 5.41) is 18.8. The number of carbonyl (C=O) groups is 4. The molecule has 0 fully saturated rings. The second-order valence-corrected chi connectivity index (χ2v) is 21.8.